The Labute approximate surface area is 514 Å². The van der Waals surface area contributed by atoms with Crippen LogP contribution in [0.1, 0.15) is 137 Å². The van der Waals surface area contributed by atoms with E-state index in [1.165, 1.54) is 13.0 Å². The van der Waals surface area contributed by atoms with Gasteiger partial charge in [0.1, 0.15) is 36.2 Å². The number of anilines is 1. The van der Waals surface area contributed by atoms with Crippen molar-refractivity contribution in [2.75, 3.05) is 78.1 Å². The third-order valence-corrected chi connectivity index (χ3v) is 18.8. The summed E-state index contributed by atoms with van der Waals surface area (Å²) < 4.78 is 36.0. The molecule has 484 valence electrons. The molecule has 0 spiro atoms. The van der Waals surface area contributed by atoms with Crippen molar-refractivity contribution < 1.29 is 72.5 Å². The second-order valence-corrected chi connectivity index (χ2v) is 25.3. The molecule has 6 heterocycles. The number of aliphatic hydroxyl groups excluding tert-OH is 2. The van der Waals surface area contributed by atoms with Gasteiger partial charge in [-0.1, -0.05) is 64.2 Å². The molecule has 5 N–H and O–H groups in total. The SMILES string of the molecule is CCOCCN1CCN(c2ncc3c(n2)CCN(C(=O)O[C@@H]2CC[C@@H](C[C@@H](N)[C@@H]4CC(=O)[C@H](C)/C=C(\C)[C@@H](O)[C@@H](O)C(=O)[C@H](C)C[C@H](C)/C=C/C=C/C=C(\C)[C@@H](OC)C[C@@H]5CC[C@@H](C)[C@@](O)(O5)C(=O)C(=O)N5CCCC[C@H]5C(=O)O4)C[C@H]2OC)C3)CC1. The zero-order valence-electron chi connectivity index (χ0n) is 52.9. The zero-order valence-corrected chi connectivity index (χ0v) is 52.9. The second kappa shape index (κ2) is 32.4. The van der Waals surface area contributed by atoms with Gasteiger partial charge in [-0.05, 0) is 108 Å². The standard InChI is InChI=1S/C65H99N7O15/c1-10-84-31-30-69-26-28-70(29-27-69)63-67-38-47-39-71(25-23-50(47)68-63)64(80)86-53-22-20-46(35-56(53)83-9)34-49(66)55-37-52(73)42(4)33-44(6)58(75)59(76)57(74)43(5)32-40(2)16-12-11-13-17-41(3)54(82-8)36-48-21-19-45(7)65(81,87-48)60(77)61(78)72-24-15-14-18-51(72)62(79)85-55/h11-13,16-17,33,38,40,42-43,45-46,48-49,51,53-56,58-59,75-76,81H,10,14-15,18-32,34-37,39,66H2,1-9H3/b13-11+,16-12+,41-17+,44-33+/t40-,42-,43-,45-,46+,48+,49-,51+,53-,54+,55+,56-,58-,59+,65-/m1/s1. The Bertz CT molecular complexity index is 2640. The molecule has 1 aliphatic carbocycles. The van der Waals surface area contributed by atoms with E-state index in [1.807, 2.05) is 57.3 Å². The lowest BCUT2D eigenvalue weighted by Crippen LogP contribution is -2.61. The van der Waals surface area contributed by atoms with Gasteiger partial charge in [0, 0.05) is 121 Å². The molecule has 1 aromatic heterocycles. The number of carbonyl (C=O) groups is 6. The minimum absolute atomic E-state index is 0.0168. The molecule has 22 heteroatoms. The second-order valence-electron chi connectivity index (χ2n) is 25.3. The van der Waals surface area contributed by atoms with Crippen LogP contribution in [0.3, 0.4) is 0 Å². The summed E-state index contributed by atoms with van der Waals surface area (Å²) in [5.74, 6) is -8.39. The minimum atomic E-state index is -2.49. The van der Waals surface area contributed by atoms with Crippen molar-refractivity contribution in [2.45, 2.75) is 199 Å². The molecule has 5 aliphatic heterocycles. The minimum Gasteiger partial charge on any atom is -0.459 e. The van der Waals surface area contributed by atoms with Crippen molar-refractivity contribution in [1.29, 1.82) is 0 Å². The molecule has 3 saturated heterocycles. The Morgan fingerprint density at radius 1 is 0.862 bits per heavy atom. The first-order valence-corrected chi connectivity index (χ1v) is 31.8. The monoisotopic (exact) mass is 1220 g/mol. The largest absolute Gasteiger partial charge is 0.459 e. The molecule has 0 radical (unpaired) electrons. The Kier molecular flexibility index (Phi) is 25.8. The summed E-state index contributed by atoms with van der Waals surface area (Å²) >= 11 is 0. The highest BCUT2D eigenvalue weighted by Gasteiger charge is 2.53. The van der Waals surface area contributed by atoms with Crippen molar-refractivity contribution in [2.24, 2.45) is 35.3 Å². The van der Waals surface area contributed by atoms with E-state index in [1.54, 1.807) is 39.9 Å². The number of nitrogens with zero attached hydrogens (tertiary/aromatic N) is 6. The first-order chi connectivity index (χ1) is 41.5. The van der Waals surface area contributed by atoms with Crippen molar-refractivity contribution in [1.82, 2.24) is 24.7 Å². The van der Waals surface area contributed by atoms with Crippen LogP contribution in [0.4, 0.5) is 10.7 Å². The number of aromatic nitrogens is 2. The zero-order chi connectivity index (χ0) is 63.1. The van der Waals surface area contributed by atoms with E-state index in [9.17, 15) is 44.1 Å². The number of fused-ring (bicyclic) bond motifs is 4. The molecule has 4 fully saturated rings. The predicted molar refractivity (Wildman–Crippen MR) is 325 cm³/mol. The fourth-order valence-corrected chi connectivity index (χ4v) is 13.1. The number of aliphatic hydroxyl groups is 3. The summed E-state index contributed by atoms with van der Waals surface area (Å²) in [6.45, 7) is 18.8. The van der Waals surface area contributed by atoms with Gasteiger partial charge in [0.05, 0.1) is 37.2 Å². The average Bonchev–Trinajstić information content (AvgIpc) is 1.82. The number of amides is 2. The topological polar surface area (TPSA) is 283 Å². The number of Topliss-reactive ketones (excluding diaryl/α,β-unsaturated/α-hetero) is 3. The van der Waals surface area contributed by atoms with E-state index >= 15 is 0 Å². The lowest BCUT2D eigenvalue weighted by molar-refractivity contribution is -0.265. The maximum Gasteiger partial charge on any atom is 0.410 e. The molecule has 7 rings (SSSR count). The quantitative estimate of drug-likeness (QED) is 0.0938. The summed E-state index contributed by atoms with van der Waals surface area (Å²) in [7, 11) is 3.11. The van der Waals surface area contributed by atoms with Gasteiger partial charge in [-0.25, -0.2) is 19.6 Å². The van der Waals surface area contributed by atoms with Crippen molar-refractivity contribution >= 4 is 41.3 Å². The number of cyclic esters (lactones) is 1. The van der Waals surface area contributed by atoms with Crippen molar-refractivity contribution in [3.63, 3.8) is 0 Å². The maximum atomic E-state index is 14.7. The Morgan fingerprint density at radius 3 is 2.34 bits per heavy atom. The normalized spacial score (nSPS) is 35.2. The van der Waals surface area contributed by atoms with Gasteiger partial charge in [0.2, 0.25) is 11.7 Å². The molecule has 22 nitrogen and oxygen atoms in total. The number of nitrogens with two attached hydrogens (primary N) is 1. The molecule has 1 aromatic rings. The number of ketones is 3. The lowest BCUT2D eigenvalue weighted by atomic mass is 9.80. The summed E-state index contributed by atoms with van der Waals surface area (Å²) in [5, 5.41) is 34.5. The molecular weight excluding hydrogens is 1120 g/mol. The third kappa shape index (κ3) is 18.2. The molecule has 15 atom stereocenters. The molecule has 2 amide bonds. The number of methoxy groups -OCH3 is 2. The van der Waals surface area contributed by atoms with Crippen molar-refractivity contribution in [3.8, 4) is 0 Å². The first-order valence-electron chi connectivity index (χ1n) is 31.8. The Balaban J connectivity index is 1.05. The van der Waals surface area contributed by atoms with Crippen LogP contribution in [0.25, 0.3) is 0 Å². The van der Waals surface area contributed by atoms with Crippen LogP contribution >= 0.6 is 0 Å². The van der Waals surface area contributed by atoms with Crippen LogP contribution in [-0.4, -0.2) is 209 Å². The lowest BCUT2D eigenvalue weighted by Gasteiger charge is -2.42. The van der Waals surface area contributed by atoms with E-state index in [0.29, 0.717) is 90.0 Å². The number of carbonyl (C=O) groups excluding carboxylic acids is 6. The van der Waals surface area contributed by atoms with E-state index in [2.05, 4.69) is 9.80 Å². The van der Waals surface area contributed by atoms with Gasteiger partial charge >= 0.3 is 12.1 Å². The molecule has 0 aromatic carbocycles. The summed E-state index contributed by atoms with van der Waals surface area (Å²) in [5.41, 5.74) is 9.87. The third-order valence-electron chi connectivity index (χ3n) is 18.8. The van der Waals surface area contributed by atoms with Crippen molar-refractivity contribution in [3.05, 3.63) is 65.1 Å². The highest BCUT2D eigenvalue weighted by Crippen LogP contribution is 2.38. The highest BCUT2D eigenvalue weighted by atomic mass is 16.6. The number of hydrogen-bond donors (Lipinski definition) is 4. The van der Waals surface area contributed by atoms with Crippen LogP contribution in [-0.2, 0) is 65.4 Å². The Morgan fingerprint density at radius 2 is 1.62 bits per heavy atom. The van der Waals surface area contributed by atoms with Gasteiger partial charge in [-0.3, -0.25) is 24.1 Å². The summed E-state index contributed by atoms with van der Waals surface area (Å²) in [4.78, 5) is 102. The Hall–Kier alpha value is -5.30. The molecular formula is C65H99N7O15. The number of allylic oxidation sites excluding steroid dienone is 6. The highest BCUT2D eigenvalue weighted by molar-refractivity contribution is 6.39. The van der Waals surface area contributed by atoms with Gasteiger partial charge in [-0.15, -0.1) is 0 Å². The van der Waals surface area contributed by atoms with Gasteiger partial charge in [-0.2, -0.15) is 0 Å². The van der Waals surface area contributed by atoms with Gasteiger partial charge < -0.3 is 64.2 Å². The number of ether oxygens (including phenoxy) is 6. The number of piperidine rings is 1. The maximum absolute atomic E-state index is 14.7. The average molecular weight is 1220 g/mol. The first kappa shape index (κ1) is 69.2. The predicted octanol–water partition coefficient (Wildman–Crippen LogP) is 5.37. The van der Waals surface area contributed by atoms with Crippen LogP contribution in [0, 0.1) is 29.6 Å². The molecule has 1 saturated carbocycles. The van der Waals surface area contributed by atoms with Gasteiger partial charge in [0.25, 0.3) is 11.7 Å². The number of hydrogen-bond acceptors (Lipinski definition) is 20. The van der Waals surface area contributed by atoms with E-state index in [0.717, 1.165) is 54.5 Å². The van der Waals surface area contributed by atoms with Crippen LogP contribution in [0.15, 0.2) is 53.8 Å². The number of piperazine rings is 1. The molecule has 87 heavy (non-hydrogen) atoms. The summed E-state index contributed by atoms with van der Waals surface area (Å²) in [6.07, 6.45) is 9.86. The van der Waals surface area contributed by atoms with E-state index in [-0.39, 0.29) is 49.6 Å². The van der Waals surface area contributed by atoms with E-state index < -0.39 is 114 Å². The van der Waals surface area contributed by atoms with Crippen LogP contribution in [0.5, 0.6) is 0 Å². The molecule has 0 unspecified atom stereocenters. The number of rotatable bonds is 11. The fraction of sp³-hybridized carbons (Fsp3) is 0.723. The molecule has 6 aliphatic rings. The van der Waals surface area contributed by atoms with E-state index in [4.69, 9.17) is 44.1 Å². The summed E-state index contributed by atoms with van der Waals surface area (Å²) in [6, 6.07) is -2.20. The molecule has 2 bridgehead atoms. The number of esters is 1. The van der Waals surface area contributed by atoms with Gasteiger partial charge in [0.15, 0.2) is 5.78 Å². The van der Waals surface area contributed by atoms with Crippen LogP contribution < -0.4 is 10.6 Å². The smallest absolute Gasteiger partial charge is 0.410 e. The fourth-order valence-electron chi connectivity index (χ4n) is 13.1. The van der Waals surface area contributed by atoms with Crippen LogP contribution in [0.2, 0.25) is 0 Å².